The highest BCUT2D eigenvalue weighted by Gasteiger charge is 2.17. The molecule has 5 heteroatoms. The van der Waals surface area contributed by atoms with E-state index < -0.39 is 11.9 Å². The standard InChI is InChI=1S/C16H23NO4/c1-11(2)13-5-7-14(8-6-13)21-10-15(18)17(4)9-12(3)16(19)20/h5-8,11-12H,9-10H2,1-4H3,(H,19,20). The van der Waals surface area contributed by atoms with Crippen LogP contribution in [0.4, 0.5) is 0 Å². The van der Waals surface area contributed by atoms with Crippen molar-refractivity contribution in [1.29, 1.82) is 0 Å². The van der Waals surface area contributed by atoms with Crippen LogP contribution < -0.4 is 4.74 Å². The average molecular weight is 293 g/mol. The summed E-state index contributed by atoms with van der Waals surface area (Å²) in [6.07, 6.45) is 0. The van der Waals surface area contributed by atoms with E-state index >= 15 is 0 Å². The third-order valence-electron chi connectivity index (χ3n) is 3.30. The molecule has 116 valence electrons. The summed E-state index contributed by atoms with van der Waals surface area (Å²) >= 11 is 0. The largest absolute Gasteiger partial charge is 0.484 e. The smallest absolute Gasteiger partial charge is 0.308 e. The normalized spacial score (nSPS) is 12.0. The molecule has 1 atom stereocenters. The maximum absolute atomic E-state index is 11.9. The van der Waals surface area contributed by atoms with E-state index in [9.17, 15) is 9.59 Å². The van der Waals surface area contributed by atoms with Crippen molar-refractivity contribution in [1.82, 2.24) is 4.90 Å². The monoisotopic (exact) mass is 293 g/mol. The number of benzene rings is 1. The van der Waals surface area contributed by atoms with Crippen LogP contribution in [0.1, 0.15) is 32.3 Å². The SMILES string of the molecule is CC(CN(C)C(=O)COc1ccc(C(C)C)cc1)C(=O)O. The third kappa shape index (κ3) is 5.45. The second-order valence-electron chi connectivity index (χ2n) is 5.53. The Morgan fingerprint density at radius 2 is 1.76 bits per heavy atom. The van der Waals surface area contributed by atoms with Gasteiger partial charge in [0.05, 0.1) is 5.92 Å². The molecule has 0 aliphatic carbocycles. The first-order chi connectivity index (χ1) is 9.81. The molecular formula is C16H23NO4. The molecule has 1 aromatic carbocycles. The summed E-state index contributed by atoms with van der Waals surface area (Å²) in [6.45, 7) is 5.86. The van der Waals surface area contributed by atoms with Crippen molar-refractivity contribution in [3.63, 3.8) is 0 Å². The van der Waals surface area contributed by atoms with E-state index in [0.29, 0.717) is 11.7 Å². The Bertz CT molecular complexity index is 482. The summed E-state index contributed by atoms with van der Waals surface area (Å²) in [5.41, 5.74) is 1.21. The number of nitrogens with zero attached hydrogens (tertiary/aromatic N) is 1. The Kier molecular flexibility index (Phi) is 6.21. The number of carbonyl (C=O) groups is 2. The molecule has 5 nitrogen and oxygen atoms in total. The first kappa shape index (κ1) is 17.0. The van der Waals surface area contributed by atoms with E-state index in [1.54, 1.807) is 14.0 Å². The minimum atomic E-state index is -0.917. The van der Waals surface area contributed by atoms with E-state index in [2.05, 4.69) is 13.8 Å². The molecule has 1 aromatic rings. The fraction of sp³-hybridized carbons (Fsp3) is 0.500. The van der Waals surface area contributed by atoms with E-state index in [-0.39, 0.29) is 19.1 Å². The highest BCUT2D eigenvalue weighted by Crippen LogP contribution is 2.18. The predicted octanol–water partition coefficient (Wildman–Crippen LogP) is 2.37. The van der Waals surface area contributed by atoms with Crippen molar-refractivity contribution in [3.8, 4) is 5.75 Å². The van der Waals surface area contributed by atoms with Gasteiger partial charge < -0.3 is 14.7 Å². The number of likely N-dealkylation sites (N-methyl/N-ethyl adjacent to an activating group) is 1. The Morgan fingerprint density at radius 3 is 2.24 bits per heavy atom. The number of carboxylic acids is 1. The Morgan fingerprint density at radius 1 is 1.19 bits per heavy atom. The van der Waals surface area contributed by atoms with Crippen LogP contribution in [0.5, 0.6) is 5.75 Å². The van der Waals surface area contributed by atoms with Gasteiger partial charge in [0.1, 0.15) is 5.75 Å². The maximum Gasteiger partial charge on any atom is 0.308 e. The molecule has 0 bridgehead atoms. The van der Waals surface area contributed by atoms with Crippen molar-refractivity contribution in [3.05, 3.63) is 29.8 Å². The fourth-order valence-corrected chi connectivity index (χ4v) is 1.79. The van der Waals surface area contributed by atoms with E-state index in [1.165, 1.54) is 10.5 Å². The van der Waals surface area contributed by atoms with Gasteiger partial charge in [-0.05, 0) is 23.6 Å². The van der Waals surface area contributed by atoms with Gasteiger partial charge in [0.2, 0.25) is 0 Å². The van der Waals surface area contributed by atoms with Crippen molar-refractivity contribution >= 4 is 11.9 Å². The number of carbonyl (C=O) groups excluding carboxylic acids is 1. The van der Waals surface area contributed by atoms with Gasteiger partial charge in [-0.15, -0.1) is 0 Å². The molecule has 0 radical (unpaired) electrons. The van der Waals surface area contributed by atoms with Crippen LogP contribution in [0.3, 0.4) is 0 Å². The molecule has 0 heterocycles. The summed E-state index contributed by atoms with van der Waals surface area (Å²) in [5, 5.41) is 8.82. The Hall–Kier alpha value is -2.04. The topological polar surface area (TPSA) is 66.8 Å². The number of amides is 1. The second-order valence-corrected chi connectivity index (χ2v) is 5.53. The molecular weight excluding hydrogens is 270 g/mol. The van der Waals surface area contributed by atoms with Crippen LogP contribution in [0.2, 0.25) is 0 Å². The van der Waals surface area contributed by atoms with Gasteiger partial charge in [-0.3, -0.25) is 9.59 Å². The van der Waals surface area contributed by atoms with Crippen molar-refractivity contribution < 1.29 is 19.4 Å². The van der Waals surface area contributed by atoms with Crippen molar-refractivity contribution in [2.24, 2.45) is 5.92 Å². The quantitative estimate of drug-likeness (QED) is 0.838. The summed E-state index contributed by atoms with van der Waals surface area (Å²) < 4.78 is 5.43. The Labute approximate surface area is 125 Å². The minimum absolute atomic E-state index is 0.0934. The molecule has 0 aliphatic heterocycles. The van der Waals surface area contributed by atoms with E-state index in [4.69, 9.17) is 9.84 Å². The van der Waals surface area contributed by atoms with Gasteiger partial charge in [-0.2, -0.15) is 0 Å². The number of carboxylic acid groups (broad SMARTS) is 1. The zero-order chi connectivity index (χ0) is 16.0. The lowest BCUT2D eigenvalue weighted by Gasteiger charge is -2.19. The van der Waals surface area contributed by atoms with Crippen LogP contribution >= 0.6 is 0 Å². The summed E-state index contributed by atoms with van der Waals surface area (Å²) in [6, 6.07) is 7.62. The van der Waals surface area contributed by atoms with Crippen LogP contribution in [0.25, 0.3) is 0 Å². The zero-order valence-electron chi connectivity index (χ0n) is 13.0. The molecule has 0 saturated carbocycles. The third-order valence-corrected chi connectivity index (χ3v) is 3.30. The summed E-state index contributed by atoms with van der Waals surface area (Å²) in [4.78, 5) is 24.0. The number of rotatable bonds is 7. The van der Waals surface area contributed by atoms with Crippen LogP contribution in [0.15, 0.2) is 24.3 Å². The van der Waals surface area contributed by atoms with Crippen molar-refractivity contribution in [2.75, 3.05) is 20.2 Å². The number of hydrogen-bond donors (Lipinski definition) is 1. The lowest BCUT2D eigenvalue weighted by Crippen LogP contribution is -2.36. The predicted molar refractivity (Wildman–Crippen MR) is 80.5 cm³/mol. The summed E-state index contributed by atoms with van der Waals surface area (Å²) in [7, 11) is 1.58. The number of aliphatic carboxylic acids is 1. The number of hydrogen-bond acceptors (Lipinski definition) is 3. The molecule has 0 saturated heterocycles. The zero-order valence-corrected chi connectivity index (χ0v) is 13.0. The first-order valence-corrected chi connectivity index (χ1v) is 7.00. The molecule has 0 fully saturated rings. The van der Waals surface area contributed by atoms with Gasteiger partial charge >= 0.3 is 5.97 Å². The molecule has 0 aliphatic rings. The lowest BCUT2D eigenvalue weighted by molar-refractivity contribution is -0.143. The lowest BCUT2D eigenvalue weighted by atomic mass is 10.0. The highest BCUT2D eigenvalue weighted by atomic mass is 16.5. The average Bonchev–Trinajstić information content (AvgIpc) is 2.44. The van der Waals surface area contributed by atoms with Crippen molar-refractivity contribution in [2.45, 2.75) is 26.7 Å². The van der Waals surface area contributed by atoms with Gasteiger partial charge in [-0.1, -0.05) is 32.9 Å². The highest BCUT2D eigenvalue weighted by molar-refractivity contribution is 5.78. The second kappa shape index (κ2) is 7.67. The molecule has 0 spiro atoms. The van der Waals surface area contributed by atoms with Gasteiger partial charge in [0, 0.05) is 13.6 Å². The van der Waals surface area contributed by atoms with Gasteiger partial charge in [0.15, 0.2) is 6.61 Å². The maximum atomic E-state index is 11.9. The summed E-state index contributed by atoms with van der Waals surface area (Å²) in [5.74, 6) is -0.670. The fourth-order valence-electron chi connectivity index (χ4n) is 1.79. The van der Waals surface area contributed by atoms with Gasteiger partial charge in [-0.25, -0.2) is 0 Å². The molecule has 21 heavy (non-hydrogen) atoms. The first-order valence-electron chi connectivity index (χ1n) is 7.00. The van der Waals surface area contributed by atoms with Crippen LogP contribution in [-0.4, -0.2) is 42.1 Å². The minimum Gasteiger partial charge on any atom is -0.484 e. The molecule has 1 unspecified atom stereocenters. The van der Waals surface area contributed by atoms with Crippen LogP contribution in [-0.2, 0) is 9.59 Å². The Balaban J connectivity index is 2.47. The molecule has 1 N–H and O–H groups in total. The molecule has 0 aromatic heterocycles. The van der Waals surface area contributed by atoms with E-state index in [1.807, 2.05) is 24.3 Å². The number of ether oxygens (including phenoxy) is 1. The van der Waals surface area contributed by atoms with Crippen LogP contribution in [0, 0.1) is 5.92 Å². The molecule has 1 rings (SSSR count). The van der Waals surface area contributed by atoms with Gasteiger partial charge in [0.25, 0.3) is 5.91 Å². The van der Waals surface area contributed by atoms with E-state index in [0.717, 1.165) is 0 Å². The molecule has 1 amide bonds.